The lowest BCUT2D eigenvalue weighted by atomic mass is 9.84. The summed E-state index contributed by atoms with van der Waals surface area (Å²) in [6, 6.07) is 11.9. The van der Waals surface area contributed by atoms with Crippen LogP contribution in [0.3, 0.4) is 0 Å². The van der Waals surface area contributed by atoms with E-state index in [-0.39, 0.29) is 16.4 Å². The summed E-state index contributed by atoms with van der Waals surface area (Å²) in [5, 5.41) is 12.4. The quantitative estimate of drug-likeness (QED) is 0.518. The number of pyridine rings is 1. The number of rotatable bonds is 6. The Morgan fingerprint density at radius 2 is 1.90 bits per heavy atom. The number of thiophene rings is 1. The van der Waals surface area contributed by atoms with E-state index in [0.717, 1.165) is 16.0 Å². The number of nitrogens with zero attached hydrogens (tertiary/aromatic N) is 1. The van der Waals surface area contributed by atoms with Crippen molar-refractivity contribution >= 4 is 23.1 Å². The van der Waals surface area contributed by atoms with Gasteiger partial charge in [-0.1, -0.05) is 26.0 Å². The molecule has 0 aliphatic carbocycles. The highest BCUT2D eigenvalue weighted by Crippen LogP contribution is 2.43. The van der Waals surface area contributed by atoms with Gasteiger partial charge < -0.3 is 19.9 Å². The number of fused-ring (bicyclic) bond motifs is 1. The Labute approximate surface area is 181 Å². The van der Waals surface area contributed by atoms with Gasteiger partial charge in [-0.25, -0.2) is 9.78 Å². The molecule has 2 aromatic heterocycles. The van der Waals surface area contributed by atoms with Gasteiger partial charge in [0.2, 0.25) is 0 Å². The van der Waals surface area contributed by atoms with Gasteiger partial charge in [-0.05, 0) is 48.4 Å². The number of alkyl halides is 2. The highest BCUT2D eigenvalue weighted by molar-refractivity contribution is 7.17. The van der Waals surface area contributed by atoms with Crippen molar-refractivity contribution < 1.29 is 28.2 Å². The second kappa shape index (κ2) is 7.49. The number of anilines is 1. The van der Waals surface area contributed by atoms with Crippen LogP contribution in [0.1, 0.15) is 34.6 Å². The Morgan fingerprint density at radius 1 is 1.16 bits per heavy atom. The number of aromatic carboxylic acids is 1. The number of aryl methyl sites for hydroxylation is 1. The molecule has 162 valence electrons. The number of hydrogen-bond donors (Lipinski definition) is 2. The van der Waals surface area contributed by atoms with Crippen molar-refractivity contribution in [1.29, 1.82) is 0 Å². The topological polar surface area (TPSA) is 80.7 Å². The third-order valence-electron chi connectivity index (χ3n) is 5.04. The van der Waals surface area contributed by atoms with Gasteiger partial charge in [0.15, 0.2) is 11.5 Å². The van der Waals surface area contributed by atoms with E-state index < -0.39 is 17.7 Å². The Kier molecular flexibility index (Phi) is 5.09. The fraction of sp³-hybridized carbons (Fsp3) is 0.273. The molecule has 1 aromatic carbocycles. The molecule has 0 spiro atoms. The molecular formula is C22H20F2N2O4S. The number of nitrogens with one attached hydrogen (secondary N) is 1. The average Bonchev–Trinajstić information content (AvgIpc) is 3.29. The first-order chi connectivity index (χ1) is 14.5. The SMILES string of the molecule is Cc1ccc(NCC(C)(C)c2ccc3c(c2)OC(F)(F)O3)nc1-c1ccc(C(=O)O)s1. The summed E-state index contributed by atoms with van der Waals surface area (Å²) in [5.41, 5.74) is 2.02. The molecule has 6 nitrogen and oxygen atoms in total. The van der Waals surface area contributed by atoms with E-state index in [2.05, 4.69) is 19.8 Å². The minimum absolute atomic E-state index is 0.0123. The average molecular weight is 446 g/mol. The standard InChI is InChI=1S/C22H20F2N2O4S/c1-12-4-9-18(26-19(12)16-7-8-17(31-16)20(27)28)25-11-21(2,3)13-5-6-14-15(10-13)30-22(23,24)29-14/h4-10H,11H2,1-3H3,(H,25,26)(H,27,28). The molecule has 0 radical (unpaired) electrons. The number of carboxylic acids is 1. The van der Waals surface area contributed by atoms with Crippen molar-refractivity contribution in [2.45, 2.75) is 32.5 Å². The Bertz CT molecular complexity index is 1160. The third kappa shape index (κ3) is 4.32. The second-order valence-corrected chi connectivity index (χ2v) is 8.98. The third-order valence-corrected chi connectivity index (χ3v) is 6.12. The lowest BCUT2D eigenvalue weighted by Crippen LogP contribution is -2.28. The van der Waals surface area contributed by atoms with Crippen molar-refractivity contribution in [2.24, 2.45) is 0 Å². The summed E-state index contributed by atoms with van der Waals surface area (Å²) in [6.45, 7) is 6.34. The van der Waals surface area contributed by atoms with Crippen molar-refractivity contribution in [3.8, 4) is 22.1 Å². The van der Waals surface area contributed by atoms with Gasteiger partial charge in [-0.3, -0.25) is 0 Å². The summed E-state index contributed by atoms with van der Waals surface area (Å²) >= 11 is 1.17. The molecule has 2 N–H and O–H groups in total. The molecule has 31 heavy (non-hydrogen) atoms. The zero-order valence-corrected chi connectivity index (χ0v) is 17.8. The van der Waals surface area contributed by atoms with Gasteiger partial charge in [-0.15, -0.1) is 20.1 Å². The maximum Gasteiger partial charge on any atom is 0.586 e. The minimum atomic E-state index is -3.64. The normalized spacial score (nSPS) is 14.5. The first-order valence-corrected chi connectivity index (χ1v) is 10.3. The predicted molar refractivity (Wildman–Crippen MR) is 113 cm³/mol. The monoisotopic (exact) mass is 446 g/mol. The van der Waals surface area contributed by atoms with E-state index in [0.29, 0.717) is 18.1 Å². The molecule has 0 saturated carbocycles. The van der Waals surface area contributed by atoms with Crippen LogP contribution in [0.5, 0.6) is 11.5 Å². The van der Waals surface area contributed by atoms with Crippen molar-refractivity contribution in [1.82, 2.24) is 4.98 Å². The zero-order chi connectivity index (χ0) is 22.4. The van der Waals surface area contributed by atoms with Crippen LogP contribution in [-0.4, -0.2) is 28.9 Å². The van der Waals surface area contributed by atoms with Crippen LogP contribution in [0, 0.1) is 6.92 Å². The number of aromatic nitrogens is 1. The fourth-order valence-corrected chi connectivity index (χ4v) is 4.14. The number of ether oxygens (including phenoxy) is 2. The van der Waals surface area contributed by atoms with Crippen LogP contribution in [-0.2, 0) is 5.41 Å². The van der Waals surface area contributed by atoms with E-state index in [4.69, 9.17) is 5.11 Å². The van der Waals surface area contributed by atoms with E-state index in [1.54, 1.807) is 24.3 Å². The lowest BCUT2D eigenvalue weighted by molar-refractivity contribution is -0.286. The summed E-state index contributed by atoms with van der Waals surface area (Å²) in [7, 11) is 0. The van der Waals surface area contributed by atoms with Crippen LogP contribution < -0.4 is 14.8 Å². The molecule has 1 aliphatic rings. The van der Waals surface area contributed by atoms with Gasteiger partial charge in [0.1, 0.15) is 10.7 Å². The van der Waals surface area contributed by atoms with Gasteiger partial charge in [-0.2, -0.15) is 0 Å². The van der Waals surface area contributed by atoms with Crippen molar-refractivity contribution in [2.75, 3.05) is 11.9 Å². The summed E-state index contributed by atoms with van der Waals surface area (Å²) in [5.74, 6) is -0.310. The van der Waals surface area contributed by atoms with Crippen LogP contribution >= 0.6 is 11.3 Å². The maximum atomic E-state index is 13.3. The fourth-order valence-electron chi connectivity index (χ4n) is 3.24. The summed E-state index contributed by atoms with van der Waals surface area (Å²) < 4.78 is 35.6. The van der Waals surface area contributed by atoms with Crippen molar-refractivity contribution in [3.05, 3.63) is 58.5 Å². The first kappa shape index (κ1) is 21.0. The molecule has 3 heterocycles. The molecule has 0 saturated heterocycles. The Balaban J connectivity index is 1.52. The van der Waals surface area contributed by atoms with Crippen LogP contribution in [0.25, 0.3) is 10.6 Å². The van der Waals surface area contributed by atoms with E-state index in [1.807, 2.05) is 32.9 Å². The highest BCUT2D eigenvalue weighted by atomic mass is 32.1. The van der Waals surface area contributed by atoms with Crippen LogP contribution in [0.15, 0.2) is 42.5 Å². The number of carboxylic acid groups (broad SMARTS) is 1. The Hall–Kier alpha value is -3.20. The molecule has 3 aromatic rings. The summed E-state index contributed by atoms with van der Waals surface area (Å²) in [6.07, 6.45) is -3.64. The van der Waals surface area contributed by atoms with E-state index in [1.165, 1.54) is 17.4 Å². The van der Waals surface area contributed by atoms with Gasteiger partial charge in [0.05, 0.1) is 10.6 Å². The van der Waals surface area contributed by atoms with Crippen molar-refractivity contribution in [3.63, 3.8) is 0 Å². The van der Waals surface area contributed by atoms with Gasteiger partial charge in [0.25, 0.3) is 0 Å². The lowest BCUT2D eigenvalue weighted by Gasteiger charge is -2.26. The largest absolute Gasteiger partial charge is 0.586 e. The number of carbonyl (C=O) groups is 1. The molecule has 4 rings (SSSR count). The van der Waals surface area contributed by atoms with E-state index >= 15 is 0 Å². The molecule has 1 aliphatic heterocycles. The smallest absolute Gasteiger partial charge is 0.477 e. The second-order valence-electron chi connectivity index (χ2n) is 7.90. The first-order valence-electron chi connectivity index (χ1n) is 9.49. The number of hydrogen-bond acceptors (Lipinski definition) is 6. The Morgan fingerprint density at radius 3 is 2.61 bits per heavy atom. The number of halogens is 2. The number of benzene rings is 1. The van der Waals surface area contributed by atoms with Crippen LogP contribution in [0.2, 0.25) is 0 Å². The predicted octanol–water partition coefficient (Wildman–Crippen LogP) is 5.53. The molecule has 0 bridgehead atoms. The van der Waals surface area contributed by atoms with Gasteiger partial charge >= 0.3 is 12.3 Å². The molecule has 9 heteroatoms. The molecular weight excluding hydrogens is 426 g/mol. The van der Waals surface area contributed by atoms with Crippen LogP contribution in [0.4, 0.5) is 14.6 Å². The molecule has 0 atom stereocenters. The molecule has 0 fully saturated rings. The zero-order valence-electron chi connectivity index (χ0n) is 17.0. The van der Waals surface area contributed by atoms with E-state index in [9.17, 15) is 13.6 Å². The maximum absolute atomic E-state index is 13.3. The molecule has 0 unspecified atom stereocenters. The summed E-state index contributed by atoms with van der Waals surface area (Å²) in [4.78, 5) is 16.8. The van der Waals surface area contributed by atoms with Gasteiger partial charge in [0, 0.05) is 12.0 Å². The highest BCUT2D eigenvalue weighted by Gasteiger charge is 2.43. The molecule has 0 amide bonds. The minimum Gasteiger partial charge on any atom is -0.477 e.